The fraction of sp³-hybridized carbons (Fsp3) is 0.227. The molecule has 0 saturated heterocycles. The van der Waals surface area contributed by atoms with Gasteiger partial charge in [0.1, 0.15) is 5.69 Å². The molecule has 0 aliphatic heterocycles. The van der Waals surface area contributed by atoms with Crippen LogP contribution >= 0.6 is 0 Å². The predicted molar refractivity (Wildman–Crippen MR) is 112 cm³/mol. The average Bonchev–Trinajstić information content (AvgIpc) is 2.79. The lowest BCUT2D eigenvalue weighted by molar-refractivity contribution is 0.0949. The highest BCUT2D eigenvalue weighted by Gasteiger charge is 2.12. The van der Waals surface area contributed by atoms with Gasteiger partial charge in [0, 0.05) is 25.5 Å². The number of nitrogens with zero attached hydrogens (tertiary/aromatic N) is 3. The Hall–Kier alpha value is -3.61. The second-order valence-corrected chi connectivity index (χ2v) is 6.33. The van der Waals surface area contributed by atoms with Crippen LogP contribution in [0, 0.1) is 0 Å². The Labute approximate surface area is 170 Å². The van der Waals surface area contributed by atoms with Gasteiger partial charge in [0.05, 0.1) is 14.2 Å². The first-order chi connectivity index (χ1) is 14.1. The molecular weight excluding hydrogens is 368 g/mol. The molecule has 1 heterocycles. The van der Waals surface area contributed by atoms with Crippen molar-refractivity contribution in [3.63, 3.8) is 0 Å². The molecule has 3 aromatic rings. The maximum Gasteiger partial charge on any atom is 0.270 e. The summed E-state index contributed by atoms with van der Waals surface area (Å²) in [5.41, 5.74) is 2.30. The lowest BCUT2D eigenvalue weighted by Gasteiger charge is -2.17. The number of ether oxygens (including phenoxy) is 2. The topological polar surface area (TPSA) is 76.6 Å². The summed E-state index contributed by atoms with van der Waals surface area (Å²) in [6.45, 7) is 0.474. The average molecular weight is 392 g/mol. The van der Waals surface area contributed by atoms with Crippen LogP contribution in [0.2, 0.25) is 0 Å². The Morgan fingerprint density at radius 2 is 1.79 bits per heavy atom. The number of amides is 1. The summed E-state index contributed by atoms with van der Waals surface area (Å²) in [6, 6.07) is 17.1. The Bertz CT molecular complexity index is 963. The van der Waals surface area contributed by atoms with Crippen LogP contribution in [0.15, 0.2) is 60.8 Å². The fourth-order valence-corrected chi connectivity index (χ4v) is 2.85. The molecule has 1 amide bonds. The number of aromatic nitrogens is 2. The van der Waals surface area contributed by atoms with Gasteiger partial charge in [-0.05, 0) is 42.3 Å². The summed E-state index contributed by atoms with van der Waals surface area (Å²) in [5, 5.41) is 2.90. The third kappa shape index (κ3) is 5.01. The van der Waals surface area contributed by atoms with Crippen LogP contribution in [0.25, 0.3) is 0 Å². The maximum atomic E-state index is 12.5. The monoisotopic (exact) mass is 392 g/mol. The molecular formula is C22H24N4O3. The largest absolute Gasteiger partial charge is 0.493 e. The van der Waals surface area contributed by atoms with Crippen molar-refractivity contribution in [2.24, 2.45) is 0 Å². The number of hydrogen-bond acceptors (Lipinski definition) is 6. The van der Waals surface area contributed by atoms with E-state index in [0.29, 0.717) is 36.1 Å². The third-order valence-corrected chi connectivity index (χ3v) is 4.47. The summed E-state index contributed by atoms with van der Waals surface area (Å²) in [5.74, 6) is 1.57. The Morgan fingerprint density at radius 1 is 1.03 bits per heavy atom. The molecule has 1 N–H and O–H groups in total. The minimum atomic E-state index is -0.240. The SMILES string of the molecule is COc1ccc(CCNC(=O)c2ccnc(N(C)c3ccccc3)n2)cc1OC. The van der Waals surface area contributed by atoms with Gasteiger partial charge < -0.3 is 19.7 Å². The van der Waals surface area contributed by atoms with Crippen LogP contribution < -0.4 is 19.7 Å². The molecule has 0 aliphatic rings. The molecule has 0 atom stereocenters. The number of nitrogens with one attached hydrogen (secondary N) is 1. The molecule has 7 nitrogen and oxygen atoms in total. The van der Waals surface area contributed by atoms with Crippen molar-refractivity contribution in [2.75, 3.05) is 32.7 Å². The van der Waals surface area contributed by atoms with Crippen LogP contribution in [0.3, 0.4) is 0 Å². The number of rotatable bonds is 8. The molecule has 3 rings (SSSR count). The Morgan fingerprint density at radius 3 is 2.52 bits per heavy atom. The van der Waals surface area contributed by atoms with E-state index in [9.17, 15) is 4.79 Å². The van der Waals surface area contributed by atoms with E-state index in [1.54, 1.807) is 26.5 Å². The first-order valence-corrected chi connectivity index (χ1v) is 9.23. The van der Waals surface area contributed by atoms with Crippen molar-refractivity contribution in [3.05, 3.63) is 72.1 Å². The van der Waals surface area contributed by atoms with Crippen molar-refractivity contribution in [3.8, 4) is 11.5 Å². The van der Waals surface area contributed by atoms with E-state index in [1.807, 2.05) is 60.5 Å². The molecule has 0 aliphatic carbocycles. The fourth-order valence-electron chi connectivity index (χ4n) is 2.85. The van der Waals surface area contributed by atoms with E-state index in [4.69, 9.17) is 9.47 Å². The van der Waals surface area contributed by atoms with Gasteiger partial charge >= 0.3 is 0 Å². The third-order valence-electron chi connectivity index (χ3n) is 4.47. The number of carbonyl (C=O) groups excluding carboxylic acids is 1. The molecule has 0 radical (unpaired) electrons. The van der Waals surface area contributed by atoms with Gasteiger partial charge in [0.2, 0.25) is 5.95 Å². The van der Waals surface area contributed by atoms with Crippen LogP contribution in [0.4, 0.5) is 11.6 Å². The quantitative estimate of drug-likeness (QED) is 0.634. The van der Waals surface area contributed by atoms with Crippen LogP contribution in [0.1, 0.15) is 16.1 Å². The highest BCUT2D eigenvalue weighted by atomic mass is 16.5. The zero-order valence-corrected chi connectivity index (χ0v) is 16.8. The Kier molecular flexibility index (Phi) is 6.63. The summed E-state index contributed by atoms with van der Waals surface area (Å²) in [6.07, 6.45) is 2.25. The summed E-state index contributed by atoms with van der Waals surface area (Å²) in [4.78, 5) is 23.0. The van der Waals surface area contributed by atoms with Gasteiger partial charge in [-0.15, -0.1) is 0 Å². The van der Waals surface area contributed by atoms with E-state index >= 15 is 0 Å². The maximum absolute atomic E-state index is 12.5. The van der Waals surface area contributed by atoms with Crippen molar-refractivity contribution in [2.45, 2.75) is 6.42 Å². The lowest BCUT2D eigenvalue weighted by Crippen LogP contribution is -2.27. The van der Waals surface area contributed by atoms with Gasteiger partial charge in [-0.3, -0.25) is 4.79 Å². The zero-order valence-electron chi connectivity index (χ0n) is 16.8. The molecule has 1 aromatic heterocycles. The van der Waals surface area contributed by atoms with Gasteiger partial charge in [0.15, 0.2) is 11.5 Å². The summed E-state index contributed by atoms with van der Waals surface area (Å²) < 4.78 is 10.6. The minimum absolute atomic E-state index is 0.240. The van der Waals surface area contributed by atoms with Crippen LogP contribution in [-0.4, -0.2) is 43.7 Å². The van der Waals surface area contributed by atoms with E-state index in [2.05, 4.69) is 15.3 Å². The van der Waals surface area contributed by atoms with Crippen molar-refractivity contribution in [1.82, 2.24) is 15.3 Å². The number of anilines is 2. The Balaban J connectivity index is 1.61. The second-order valence-electron chi connectivity index (χ2n) is 6.33. The highest BCUT2D eigenvalue weighted by Crippen LogP contribution is 2.27. The highest BCUT2D eigenvalue weighted by molar-refractivity contribution is 5.92. The van der Waals surface area contributed by atoms with Crippen molar-refractivity contribution >= 4 is 17.5 Å². The molecule has 0 fully saturated rings. The van der Waals surface area contributed by atoms with Gasteiger partial charge in [-0.2, -0.15) is 0 Å². The molecule has 7 heteroatoms. The molecule has 0 unspecified atom stereocenters. The number of benzene rings is 2. The normalized spacial score (nSPS) is 10.3. The molecule has 2 aromatic carbocycles. The zero-order chi connectivity index (χ0) is 20.6. The van der Waals surface area contributed by atoms with E-state index < -0.39 is 0 Å². The van der Waals surface area contributed by atoms with Crippen molar-refractivity contribution < 1.29 is 14.3 Å². The second kappa shape index (κ2) is 9.54. The van der Waals surface area contributed by atoms with Gasteiger partial charge in [0.25, 0.3) is 5.91 Å². The summed E-state index contributed by atoms with van der Waals surface area (Å²) in [7, 11) is 5.06. The molecule has 0 spiro atoms. The lowest BCUT2D eigenvalue weighted by atomic mass is 10.1. The van der Waals surface area contributed by atoms with E-state index in [0.717, 1.165) is 11.3 Å². The number of carbonyl (C=O) groups is 1. The number of para-hydroxylation sites is 1. The van der Waals surface area contributed by atoms with Crippen LogP contribution in [0.5, 0.6) is 11.5 Å². The van der Waals surface area contributed by atoms with Crippen LogP contribution in [-0.2, 0) is 6.42 Å². The van der Waals surface area contributed by atoms with Gasteiger partial charge in [-0.25, -0.2) is 9.97 Å². The smallest absolute Gasteiger partial charge is 0.270 e. The first-order valence-electron chi connectivity index (χ1n) is 9.23. The van der Waals surface area contributed by atoms with E-state index in [-0.39, 0.29) is 5.91 Å². The standard InChI is InChI=1S/C22H24N4O3/c1-26(17-7-5-4-6-8-17)22-24-14-12-18(25-22)21(27)23-13-11-16-9-10-19(28-2)20(15-16)29-3/h4-10,12,14-15H,11,13H2,1-3H3,(H,23,27). The van der Waals surface area contributed by atoms with Crippen molar-refractivity contribution in [1.29, 1.82) is 0 Å². The number of methoxy groups -OCH3 is 2. The molecule has 29 heavy (non-hydrogen) atoms. The number of hydrogen-bond donors (Lipinski definition) is 1. The minimum Gasteiger partial charge on any atom is -0.493 e. The predicted octanol–water partition coefficient (Wildman–Crippen LogP) is 3.23. The molecule has 0 saturated carbocycles. The molecule has 150 valence electrons. The van der Waals surface area contributed by atoms with Gasteiger partial charge in [-0.1, -0.05) is 24.3 Å². The first kappa shape index (κ1) is 20.1. The molecule has 0 bridgehead atoms. The summed E-state index contributed by atoms with van der Waals surface area (Å²) >= 11 is 0. The van der Waals surface area contributed by atoms with E-state index in [1.165, 1.54) is 0 Å².